The number of sulfonamides is 1. The molecular weight excluding hydrogens is 454 g/mol. The van der Waals surface area contributed by atoms with Gasteiger partial charge in [-0.1, -0.05) is 17.7 Å². The molecule has 1 heterocycles. The molecule has 2 aliphatic rings. The first-order valence-electron chi connectivity index (χ1n) is 11.6. The SMILES string of the molecule is COc1ccc(OC)c(CN(CC(=O)N2CCN(S(=O)(=O)c3ccc(C)cc3)CC2)C2CC2)c1. The van der Waals surface area contributed by atoms with Gasteiger partial charge < -0.3 is 14.4 Å². The van der Waals surface area contributed by atoms with Crippen molar-refractivity contribution in [3.05, 3.63) is 53.6 Å². The Hall–Kier alpha value is -2.62. The van der Waals surface area contributed by atoms with E-state index in [9.17, 15) is 13.2 Å². The number of methoxy groups -OCH3 is 2. The largest absolute Gasteiger partial charge is 0.497 e. The van der Waals surface area contributed by atoms with Gasteiger partial charge in [-0.3, -0.25) is 9.69 Å². The molecule has 0 spiro atoms. The molecule has 0 atom stereocenters. The molecule has 0 aromatic heterocycles. The van der Waals surface area contributed by atoms with Crippen molar-refractivity contribution in [2.45, 2.75) is 37.2 Å². The Morgan fingerprint density at radius 1 is 1.00 bits per heavy atom. The van der Waals surface area contributed by atoms with Crippen LogP contribution in [0.25, 0.3) is 0 Å². The third-order valence-electron chi connectivity index (χ3n) is 6.51. The summed E-state index contributed by atoms with van der Waals surface area (Å²) < 4.78 is 38.3. The summed E-state index contributed by atoms with van der Waals surface area (Å²) in [6.07, 6.45) is 2.14. The highest BCUT2D eigenvalue weighted by Gasteiger charge is 2.34. The Labute approximate surface area is 202 Å². The third kappa shape index (κ3) is 5.54. The minimum Gasteiger partial charge on any atom is -0.497 e. The number of benzene rings is 2. The highest BCUT2D eigenvalue weighted by molar-refractivity contribution is 7.89. The van der Waals surface area contributed by atoms with Crippen LogP contribution in [0.1, 0.15) is 24.0 Å². The van der Waals surface area contributed by atoms with Crippen molar-refractivity contribution in [1.82, 2.24) is 14.1 Å². The van der Waals surface area contributed by atoms with E-state index >= 15 is 0 Å². The van der Waals surface area contributed by atoms with Crippen molar-refractivity contribution >= 4 is 15.9 Å². The van der Waals surface area contributed by atoms with Crippen LogP contribution in [-0.4, -0.2) is 81.4 Å². The first-order valence-corrected chi connectivity index (χ1v) is 13.1. The summed E-state index contributed by atoms with van der Waals surface area (Å²) in [5.74, 6) is 1.55. The van der Waals surface area contributed by atoms with E-state index < -0.39 is 10.0 Å². The zero-order valence-corrected chi connectivity index (χ0v) is 20.9. The number of amides is 1. The van der Waals surface area contributed by atoms with Gasteiger partial charge in [0.25, 0.3) is 0 Å². The molecule has 4 rings (SSSR count). The van der Waals surface area contributed by atoms with Crippen molar-refractivity contribution < 1.29 is 22.7 Å². The Bertz CT molecular complexity index is 1110. The number of nitrogens with zero attached hydrogens (tertiary/aromatic N) is 3. The van der Waals surface area contributed by atoms with Crippen LogP contribution in [-0.2, 0) is 21.4 Å². The fraction of sp³-hybridized carbons (Fsp3) is 0.480. The second kappa shape index (κ2) is 10.3. The van der Waals surface area contributed by atoms with E-state index in [1.165, 1.54) is 4.31 Å². The molecule has 34 heavy (non-hydrogen) atoms. The van der Waals surface area contributed by atoms with Crippen LogP contribution in [0.15, 0.2) is 47.4 Å². The van der Waals surface area contributed by atoms with E-state index in [0.29, 0.717) is 50.2 Å². The Balaban J connectivity index is 1.38. The molecular formula is C25H33N3O5S. The molecule has 1 aliphatic carbocycles. The summed E-state index contributed by atoms with van der Waals surface area (Å²) in [7, 11) is -0.278. The molecule has 9 heteroatoms. The van der Waals surface area contributed by atoms with Crippen LogP contribution in [0.3, 0.4) is 0 Å². The molecule has 2 fully saturated rings. The standard InChI is InChI=1S/C25H33N3O5S/c1-19-4-9-23(10-5-19)34(30,31)28-14-12-26(13-15-28)25(29)18-27(21-6-7-21)17-20-16-22(32-2)8-11-24(20)33-3/h4-5,8-11,16,21H,6-7,12-15,17-18H2,1-3H3. The number of rotatable bonds is 9. The van der Waals surface area contributed by atoms with Gasteiger partial charge in [-0.25, -0.2) is 8.42 Å². The highest BCUT2D eigenvalue weighted by Crippen LogP contribution is 2.32. The first-order chi connectivity index (χ1) is 16.3. The summed E-state index contributed by atoms with van der Waals surface area (Å²) in [6.45, 7) is 4.21. The summed E-state index contributed by atoms with van der Waals surface area (Å²) in [4.78, 5) is 17.4. The van der Waals surface area contributed by atoms with Gasteiger partial charge in [0, 0.05) is 44.3 Å². The number of hydrogen-bond acceptors (Lipinski definition) is 6. The first kappa shape index (κ1) is 24.5. The number of hydrogen-bond donors (Lipinski definition) is 0. The van der Waals surface area contributed by atoms with Crippen LogP contribution in [0.4, 0.5) is 0 Å². The normalized spacial score (nSPS) is 17.1. The third-order valence-corrected chi connectivity index (χ3v) is 8.43. The smallest absolute Gasteiger partial charge is 0.243 e. The van der Waals surface area contributed by atoms with Crippen LogP contribution < -0.4 is 9.47 Å². The van der Waals surface area contributed by atoms with Gasteiger partial charge in [0.05, 0.1) is 25.7 Å². The summed E-state index contributed by atoms with van der Waals surface area (Å²) >= 11 is 0. The summed E-state index contributed by atoms with van der Waals surface area (Å²) in [5, 5.41) is 0. The zero-order valence-electron chi connectivity index (χ0n) is 20.1. The fourth-order valence-corrected chi connectivity index (χ4v) is 5.71. The topological polar surface area (TPSA) is 79.4 Å². The predicted octanol–water partition coefficient (Wildman–Crippen LogP) is 2.51. The molecule has 1 saturated carbocycles. The van der Waals surface area contributed by atoms with E-state index in [2.05, 4.69) is 4.90 Å². The average Bonchev–Trinajstić information content (AvgIpc) is 3.69. The number of piperazine rings is 1. The minimum absolute atomic E-state index is 0.0288. The van der Waals surface area contributed by atoms with Crippen molar-refractivity contribution in [2.24, 2.45) is 0 Å². The van der Waals surface area contributed by atoms with Crippen LogP contribution >= 0.6 is 0 Å². The van der Waals surface area contributed by atoms with E-state index in [1.54, 1.807) is 43.4 Å². The maximum absolute atomic E-state index is 13.1. The van der Waals surface area contributed by atoms with E-state index in [-0.39, 0.29) is 5.91 Å². The van der Waals surface area contributed by atoms with Gasteiger partial charge in [0.1, 0.15) is 11.5 Å². The van der Waals surface area contributed by atoms with Gasteiger partial charge in [-0.05, 0) is 50.1 Å². The quantitative estimate of drug-likeness (QED) is 0.541. The van der Waals surface area contributed by atoms with Gasteiger partial charge in [0.2, 0.25) is 15.9 Å². The number of ether oxygens (including phenoxy) is 2. The zero-order chi connectivity index (χ0) is 24.3. The molecule has 2 aromatic rings. The second-order valence-electron chi connectivity index (χ2n) is 8.91. The minimum atomic E-state index is -3.55. The number of aryl methyl sites for hydroxylation is 1. The average molecular weight is 488 g/mol. The van der Waals surface area contributed by atoms with Gasteiger partial charge in [-0.2, -0.15) is 4.31 Å². The lowest BCUT2D eigenvalue weighted by Gasteiger charge is -2.35. The molecule has 0 bridgehead atoms. The van der Waals surface area contributed by atoms with Crippen molar-refractivity contribution in [3.8, 4) is 11.5 Å². The molecule has 1 amide bonds. The lowest BCUT2D eigenvalue weighted by atomic mass is 10.1. The highest BCUT2D eigenvalue weighted by atomic mass is 32.2. The van der Waals surface area contributed by atoms with Gasteiger partial charge in [0.15, 0.2) is 0 Å². The van der Waals surface area contributed by atoms with E-state index in [1.807, 2.05) is 25.1 Å². The monoisotopic (exact) mass is 487 g/mol. The van der Waals surface area contributed by atoms with Gasteiger partial charge >= 0.3 is 0 Å². The van der Waals surface area contributed by atoms with Crippen LogP contribution in [0.5, 0.6) is 11.5 Å². The van der Waals surface area contributed by atoms with Crippen molar-refractivity contribution in [2.75, 3.05) is 46.9 Å². The fourth-order valence-electron chi connectivity index (χ4n) is 4.29. The molecule has 0 N–H and O–H groups in total. The maximum Gasteiger partial charge on any atom is 0.243 e. The van der Waals surface area contributed by atoms with E-state index in [4.69, 9.17) is 9.47 Å². The molecule has 184 valence electrons. The Morgan fingerprint density at radius 2 is 1.68 bits per heavy atom. The number of carbonyl (C=O) groups is 1. The second-order valence-corrected chi connectivity index (χ2v) is 10.8. The Morgan fingerprint density at radius 3 is 2.26 bits per heavy atom. The van der Waals surface area contributed by atoms with Gasteiger partial charge in [-0.15, -0.1) is 0 Å². The molecule has 2 aromatic carbocycles. The van der Waals surface area contributed by atoms with Crippen LogP contribution in [0.2, 0.25) is 0 Å². The lowest BCUT2D eigenvalue weighted by molar-refractivity contribution is -0.133. The molecule has 1 aliphatic heterocycles. The van der Waals surface area contributed by atoms with Crippen LogP contribution in [0, 0.1) is 6.92 Å². The summed E-state index contributed by atoms with van der Waals surface area (Å²) in [5.41, 5.74) is 2.00. The molecule has 1 saturated heterocycles. The summed E-state index contributed by atoms with van der Waals surface area (Å²) in [6, 6.07) is 13.0. The number of carbonyl (C=O) groups excluding carboxylic acids is 1. The maximum atomic E-state index is 13.1. The Kier molecular flexibility index (Phi) is 7.45. The lowest BCUT2D eigenvalue weighted by Crippen LogP contribution is -2.52. The predicted molar refractivity (Wildman–Crippen MR) is 129 cm³/mol. The van der Waals surface area contributed by atoms with Crippen molar-refractivity contribution in [3.63, 3.8) is 0 Å². The molecule has 0 unspecified atom stereocenters. The molecule has 8 nitrogen and oxygen atoms in total. The molecule has 0 radical (unpaired) electrons. The van der Waals surface area contributed by atoms with Crippen molar-refractivity contribution in [1.29, 1.82) is 0 Å². The van der Waals surface area contributed by atoms with E-state index in [0.717, 1.165) is 35.5 Å².